The zero-order chi connectivity index (χ0) is 15.4. The Bertz CT molecular complexity index is 643. The highest BCUT2D eigenvalue weighted by atomic mass is 16.1. The average molecular weight is 299 g/mol. The number of para-hydroxylation sites is 1. The van der Waals surface area contributed by atoms with E-state index in [0.29, 0.717) is 11.4 Å². The van der Waals surface area contributed by atoms with E-state index in [9.17, 15) is 4.79 Å². The van der Waals surface area contributed by atoms with Crippen molar-refractivity contribution in [2.75, 3.05) is 0 Å². The van der Waals surface area contributed by atoms with Gasteiger partial charge in [0.2, 0.25) is 0 Å². The number of carbonyl (C=O) groups is 1. The third kappa shape index (κ3) is 3.16. The lowest BCUT2D eigenvalue weighted by molar-refractivity contribution is 0.0933. The third-order valence-electron chi connectivity index (χ3n) is 4.19. The number of rotatable bonds is 3. The summed E-state index contributed by atoms with van der Waals surface area (Å²) < 4.78 is 1.60. The minimum Gasteiger partial charge on any atom is -0.349 e. The van der Waals surface area contributed by atoms with Crippen molar-refractivity contribution in [3.63, 3.8) is 0 Å². The molecule has 1 aromatic carbocycles. The summed E-state index contributed by atoms with van der Waals surface area (Å²) in [4.78, 5) is 12.7. The molecule has 0 saturated heterocycles. The molecule has 1 amide bonds. The predicted molar refractivity (Wildman–Crippen MR) is 82.8 cm³/mol. The quantitative estimate of drug-likeness (QED) is 0.883. The van der Waals surface area contributed by atoms with E-state index in [2.05, 4.69) is 20.8 Å². The number of hydrogen-bond acceptors (Lipinski definition) is 4. The summed E-state index contributed by atoms with van der Waals surface area (Å²) in [5.74, 6) is 0.618. The molecular formula is C16H21N5O. The first-order chi connectivity index (χ1) is 10.8. The summed E-state index contributed by atoms with van der Waals surface area (Å²) >= 11 is 0. The number of hydrogen-bond donors (Lipinski definition) is 1. The predicted octanol–water partition coefficient (Wildman–Crippen LogP) is 2.42. The van der Waals surface area contributed by atoms with Crippen molar-refractivity contribution < 1.29 is 4.79 Å². The van der Waals surface area contributed by atoms with Gasteiger partial charge in [0.15, 0.2) is 5.82 Å². The average Bonchev–Trinajstić information content (AvgIpc) is 2.80. The van der Waals surface area contributed by atoms with Crippen molar-refractivity contribution in [2.45, 2.75) is 51.5 Å². The highest BCUT2D eigenvalue weighted by molar-refractivity contribution is 5.97. The van der Waals surface area contributed by atoms with Crippen LogP contribution in [-0.2, 0) is 0 Å². The minimum atomic E-state index is -0.0441. The summed E-state index contributed by atoms with van der Waals surface area (Å²) in [7, 11) is 0. The van der Waals surface area contributed by atoms with Gasteiger partial charge in [0, 0.05) is 6.04 Å². The van der Waals surface area contributed by atoms with E-state index >= 15 is 0 Å². The molecule has 6 nitrogen and oxygen atoms in total. The number of carbonyl (C=O) groups excluding carboxylic acids is 1. The standard InChI is InChI=1S/C16H21N5O/c1-12-18-19-20-21(12)15-11-7-6-10-14(15)16(22)17-13-8-4-2-3-5-9-13/h6-7,10-11,13H,2-5,8-9H2,1H3,(H,17,22). The maximum atomic E-state index is 12.7. The number of nitrogens with zero attached hydrogens (tertiary/aromatic N) is 4. The Hall–Kier alpha value is -2.24. The molecular weight excluding hydrogens is 278 g/mol. The van der Waals surface area contributed by atoms with Gasteiger partial charge in [-0.1, -0.05) is 37.8 Å². The molecule has 0 unspecified atom stereocenters. The summed E-state index contributed by atoms with van der Waals surface area (Å²) in [5, 5.41) is 14.7. The van der Waals surface area contributed by atoms with Gasteiger partial charge in [0.25, 0.3) is 5.91 Å². The monoisotopic (exact) mass is 299 g/mol. The van der Waals surface area contributed by atoms with Crippen molar-refractivity contribution in [2.24, 2.45) is 0 Å². The molecule has 0 aliphatic heterocycles. The van der Waals surface area contributed by atoms with Gasteiger partial charge in [-0.3, -0.25) is 4.79 Å². The summed E-state index contributed by atoms with van der Waals surface area (Å²) in [6, 6.07) is 7.72. The van der Waals surface area contributed by atoms with Gasteiger partial charge in [-0.15, -0.1) is 5.10 Å². The molecule has 0 atom stereocenters. The lowest BCUT2D eigenvalue weighted by Crippen LogP contribution is -2.35. The normalized spacial score (nSPS) is 16.2. The van der Waals surface area contributed by atoms with Crippen LogP contribution < -0.4 is 5.32 Å². The number of tetrazole rings is 1. The molecule has 6 heteroatoms. The highest BCUT2D eigenvalue weighted by Gasteiger charge is 2.19. The lowest BCUT2D eigenvalue weighted by Gasteiger charge is -2.17. The largest absolute Gasteiger partial charge is 0.349 e. The molecule has 0 spiro atoms. The zero-order valence-electron chi connectivity index (χ0n) is 12.8. The molecule has 1 heterocycles. The second-order valence-electron chi connectivity index (χ2n) is 5.82. The van der Waals surface area contributed by atoms with E-state index in [1.807, 2.05) is 31.2 Å². The van der Waals surface area contributed by atoms with Gasteiger partial charge < -0.3 is 5.32 Å². The van der Waals surface area contributed by atoms with Gasteiger partial charge in [-0.05, 0) is 42.3 Å². The van der Waals surface area contributed by atoms with E-state index in [4.69, 9.17) is 0 Å². The molecule has 1 fully saturated rings. The van der Waals surface area contributed by atoms with Gasteiger partial charge in [0.1, 0.15) is 0 Å². The van der Waals surface area contributed by atoms with E-state index in [1.165, 1.54) is 25.7 Å². The Morgan fingerprint density at radius 1 is 1.18 bits per heavy atom. The van der Waals surface area contributed by atoms with Gasteiger partial charge >= 0.3 is 0 Å². The first-order valence-corrected chi connectivity index (χ1v) is 7.91. The topological polar surface area (TPSA) is 72.7 Å². The van der Waals surface area contributed by atoms with Crippen molar-refractivity contribution in [1.29, 1.82) is 0 Å². The molecule has 1 saturated carbocycles. The fraction of sp³-hybridized carbons (Fsp3) is 0.500. The fourth-order valence-electron chi connectivity index (χ4n) is 2.99. The molecule has 1 aromatic heterocycles. The lowest BCUT2D eigenvalue weighted by atomic mass is 10.1. The Morgan fingerprint density at radius 2 is 1.91 bits per heavy atom. The molecule has 0 bridgehead atoms. The van der Waals surface area contributed by atoms with Crippen molar-refractivity contribution >= 4 is 5.91 Å². The molecule has 2 aromatic rings. The van der Waals surface area contributed by atoms with Crippen molar-refractivity contribution in [3.8, 4) is 5.69 Å². The van der Waals surface area contributed by atoms with Crippen molar-refractivity contribution in [3.05, 3.63) is 35.7 Å². The van der Waals surface area contributed by atoms with Crippen LogP contribution in [0.25, 0.3) is 5.69 Å². The van der Waals surface area contributed by atoms with E-state index in [-0.39, 0.29) is 11.9 Å². The van der Waals surface area contributed by atoms with Crippen LogP contribution in [0.1, 0.15) is 54.7 Å². The van der Waals surface area contributed by atoms with Crippen LogP contribution in [0, 0.1) is 6.92 Å². The molecule has 1 N–H and O–H groups in total. The van der Waals surface area contributed by atoms with Gasteiger partial charge in [-0.2, -0.15) is 4.68 Å². The second-order valence-corrected chi connectivity index (χ2v) is 5.82. The van der Waals surface area contributed by atoms with Gasteiger partial charge in [-0.25, -0.2) is 0 Å². The fourth-order valence-corrected chi connectivity index (χ4v) is 2.99. The third-order valence-corrected chi connectivity index (χ3v) is 4.19. The SMILES string of the molecule is Cc1nnnn1-c1ccccc1C(=O)NC1CCCCCC1. The van der Waals surface area contributed by atoms with Crippen LogP contribution >= 0.6 is 0 Å². The number of amides is 1. The van der Waals surface area contributed by atoms with E-state index in [0.717, 1.165) is 18.5 Å². The number of aromatic nitrogens is 4. The molecule has 1 aliphatic rings. The number of nitrogens with one attached hydrogen (secondary N) is 1. The molecule has 0 radical (unpaired) electrons. The van der Waals surface area contributed by atoms with Crippen LogP contribution in [-0.4, -0.2) is 32.2 Å². The second kappa shape index (κ2) is 6.68. The zero-order valence-corrected chi connectivity index (χ0v) is 12.8. The van der Waals surface area contributed by atoms with Crippen LogP contribution in [0.3, 0.4) is 0 Å². The maximum absolute atomic E-state index is 12.7. The number of benzene rings is 1. The molecule has 22 heavy (non-hydrogen) atoms. The first kappa shape index (κ1) is 14.7. The summed E-state index contributed by atoms with van der Waals surface area (Å²) in [5.41, 5.74) is 1.33. The first-order valence-electron chi connectivity index (χ1n) is 7.91. The van der Waals surface area contributed by atoms with Crippen LogP contribution in [0.5, 0.6) is 0 Å². The number of aryl methyl sites for hydroxylation is 1. The Kier molecular flexibility index (Phi) is 4.46. The van der Waals surface area contributed by atoms with E-state index in [1.54, 1.807) is 4.68 Å². The van der Waals surface area contributed by atoms with Crippen molar-refractivity contribution in [1.82, 2.24) is 25.5 Å². The highest BCUT2D eigenvalue weighted by Crippen LogP contribution is 2.19. The van der Waals surface area contributed by atoms with Gasteiger partial charge in [0.05, 0.1) is 11.3 Å². The Balaban J connectivity index is 1.82. The Labute approximate surface area is 129 Å². The molecule has 1 aliphatic carbocycles. The smallest absolute Gasteiger partial charge is 0.253 e. The molecule has 116 valence electrons. The maximum Gasteiger partial charge on any atom is 0.253 e. The van der Waals surface area contributed by atoms with E-state index < -0.39 is 0 Å². The van der Waals surface area contributed by atoms with Crippen LogP contribution in [0.2, 0.25) is 0 Å². The summed E-state index contributed by atoms with van der Waals surface area (Å²) in [6.07, 6.45) is 7.06. The Morgan fingerprint density at radius 3 is 2.59 bits per heavy atom. The minimum absolute atomic E-state index is 0.0441. The molecule has 3 rings (SSSR count). The summed E-state index contributed by atoms with van der Waals surface area (Å²) in [6.45, 7) is 1.82. The van der Waals surface area contributed by atoms with Crippen LogP contribution in [0.15, 0.2) is 24.3 Å². The van der Waals surface area contributed by atoms with Crippen LogP contribution in [0.4, 0.5) is 0 Å².